The fourth-order valence-electron chi connectivity index (χ4n) is 2.04. The standard InChI is InChI=1S/C13H17BrN2O2/c1-8-10(5-9(14)6-11(8)15)12(17)16-7-13(18)3-2-4-13/h5-6,18H,2-4,7,15H2,1H3,(H,16,17). The van der Waals surface area contributed by atoms with E-state index in [1.165, 1.54) is 0 Å². The van der Waals surface area contributed by atoms with Crippen LogP contribution in [0.15, 0.2) is 16.6 Å². The Morgan fingerprint density at radius 3 is 2.78 bits per heavy atom. The molecule has 4 nitrogen and oxygen atoms in total. The Balaban J connectivity index is 2.09. The van der Waals surface area contributed by atoms with Gasteiger partial charge in [-0.2, -0.15) is 0 Å². The normalized spacial score (nSPS) is 17.1. The van der Waals surface area contributed by atoms with Gasteiger partial charge in [0.2, 0.25) is 0 Å². The zero-order valence-electron chi connectivity index (χ0n) is 10.3. The van der Waals surface area contributed by atoms with Crippen molar-refractivity contribution in [3.8, 4) is 0 Å². The maximum Gasteiger partial charge on any atom is 0.251 e. The van der Waals surface area contributed by atoms with Crippen LogP contribution in [0.5, 0.6) is 0 Å². The van der Waals surface area contributed by atoms with E-state index in [2.05, 4.69) is 21.2 Å². The molecule has 0 radical (unpaired) electrons. The summed E-state index contributed by atoms with van der Waals surface area (Å²) in [7, 11) is 0. The fraction of sp³-hybridized carbons (Fsp3) is 0.462. The minimum Gasteiger partial charge on any atom is -0.398 e. The van der Waals surface area contributed by atoms with Crippen LogP contribution in [0.3, 0.4) is 0 Å². The molecule has 1 aromatic carbocycles. The number of carbonyl (C=O) groups excluding carboxylic acids is 1. The van der Waals surface area contributed by atoms with Gasteiger partial charge in [0.25, 0.3) is 5.91 Å². The molecule has 1 aliphatic carbocycles. The number of amides is 1. The first-order valence-corrected chi connectivity index (χ1v) is 6.77. The van der Waals surface area contributed by atoms with Gasteiger partial charge in [-0.3, -0.25) is 4.79 Å². The van der Waals surface area contributed by atoms with Gasteiger partial charge in [0, 0.05) is 22.3 Å². The minimum absolute atomic E-state index is 0.194. The summed E-state index contributed by atoms with van der Waals surface area (Å²) in [5.74, 6) is -0.194. The molecule has 1 saturated carbocycles. The van der Waals surface area contributed by atoms with Gasteiger partial charge in [-0.15, -0.1) is 0 Å². The summed E-state index contributed by atoms with van der Waals surface area (Å²) in [6, 6.07) is 3.51. The summed E-state index contributed by atoms with van der Waals surface area (Å²) >= 11 is 3.32. The second-order valence-corrected chi connectivity index (χ2v) is 5.84. The van der Waals surface area contributed by atoms with Gasteiger partial charge in [-0.25, -0.2) is 0 Å². The maximum absolute atomic E-state index is 12.1. The van der Waals surface area contributed by atoms with Crippen LogP contribution >= 0.6 is 15.9 Å². The third-order valence-electron chi connectivity index (χ3n) is 3.52. The Morgan fingerprint density at radius 2 is 2.22 bits per heavy atom. The molecule has 5 heteroatoms. The Labute approximate surface area is 115 Å². The van der Waals surface area contributed by atoms with E-state index < -0.39 is 5.60 Å². The van der Waals surface area contributed by atoms with E-state index in [4.69, 9.17) is 5.73 Å². The monoisotopic (exact) mass is 312 g/mol. The van der Waals surface area contributed by atoms with Gasteiger partial charge >= 0.3 is 0 Å². The van der Waals surface area contributed by atoms with Crippen LogP contribution in [-0.4, -0.2) is 23.2 Å². The zero-order chi connectivity index (χ0) is 13.3. The molecular weight excluding hydrogens is 296 g/mol. The summed E-state index contributed by atoms with van der Waals surface area (Å²) in [5.41, 5.74) is 7.00. The number of hydrogen-bond donors (Lipinski definition) is 3. The number of rotatable bonds is 3. The molecule has 0 bridgehead atoms. The molecule has 0 heterocycles. The zero-order valence-corrected chi connectivity index (χ0v) is 11.9. The lowest BCUT2D eigenvalue weighted by atomic mass is 9.80. The number of halogens is 1. The van der Waals surface area contributed by atoms with E-state index in [1.807, 2.05) is 6.92 Å². The number of nitrogen functional groups attached to an aromatic ring is 1. The molecule has 1 aromatic rings. The first kappa shape index (κ1) is 13.4. The van der Waals surface area contributed by atoms with E-state index in [0.29, 0.717) is 17.8 Å². The Hall–Kier alpha value is -1.07. The van der Waals surface area contributed by atoms with Crippen molar-refractivity contribution in [2.45, 2.75) is 31.8 Å². The van der Waals surface area contributed by atoms with E-state index in [1.54, 1.807) is 12.1 Å². The minimum atomic E-state index is -0.707. The molecule has 0 unspecified atom stereocenters. The van der Waals surface area contributed by atoms with Gasteiger partial charge in [0.05, 0.1) is 5.60 Å². The Bertz CT molecular complexity index is 484. The smallest absolute Gasteiger partial charge is 0.251 e. The van der Waals surface area contributed by atoms with Gasteiger partial charge in [0.1, 0.15) is 0 Å². The van der Waals surface area contributed by atoms with Crippen LogP contribution in [-0.2, 0) is 0 Å². The topological polar surface area (TPSA) is 75.4 Å². The lowest BCUT2D eigenvalue weighted by Gasteiger charge is -2.36. The number of nitrogens with two attached hydrogens (primary N) is 1. The summed E-state index contributed by atoms with van der Waals surface area (Å²) in [5, 5.41) is 12.7. The van der Waals surface area contributed by atoms with E-state index in [0.717, 1.165) is 29.3 Å². The maximum atomic E-state index is 12.1. The average molecular weight is 313 g/mol. The Kier molecular flexibility index (Phi) is 3.64. The highest BCUT2D eigenvalue weighted by atomic mass is 79.9. The first-order valence-electron chi connectivity index (χ1n) is 5.97. The highest BCUT2D eigenvalue weighted by Gasteiger charge is 2.34. The summed E-state index contributed by atoms with van der Waals surface area (Å²) in [6.45, 7) is 2.12. The van der Waals surface area contributed by atoms with E-state index in [-0.39, 0.29) is 5.91 Å². The van der Waals surface area contributed by atoms with Gasteiger partial charge in [0.15, 0.2) is 0 Å². The van der Waals surface area contributed by atoms with Crippen LogP contribution in [0.25, 0.3) is 0 Å². The largest absolute Gasteiger partial charge is 0.398 e. The average Bonchev–Trinajstić information content (AvgIpc) is 2.28. The highest BCUT2D eigenvalue weighted by molar-refractivity contribution is 9.10. The van der Waals surface area contributed by atoms with Crippen molar-refractivity contribution in [2.75, 3.05) is 12.3 Å². The molecule has 0 aliphatic heterocycles. The molecule has 1 fully saturated rings. The van der Waals surface area contributed by atoms with Crippen LogP contribution in [0, 0.1) is 6.92 Å². The number of carbonyl (C=O) groups is 1. The van der Waals surface area contributed by atoms with Crippen molar-refractivity contribution < 1.29 is 9.90 Å². The van der Waals surface area contributed by atoms with Crippen LogP contribution < -0.4 is 11.1 Å². The molecule has 2 rings (SSSR count). The summed E-state index contributed by atoms with van der Waals surface area (Å²) < 4.78 is 0.776. The second-order valence-electron chi connectivity index (χ2n) is 4.93. The van der Waals surface area contributed by atoms with Crippen molar-refractivity contribution in [1.29, 1.82) is 0 Å². The SMILES string of the molecule is Cc1c(N)cc(Br)cc1C(=O)NCC1(O)CCC1. The molecule has 1 amide bonds. The third kappa shape index (κ3) is 2.67. The second kappa shape index (κ2) is 4.90. The number of anilines is 1. The third-order valence-corrected chi connectivity index (χ3v) is 3.98. The van der Waals surface area contributed by atoms with Gasteiger partial charge < -0.3 is 16.2 Å². The summed E-state index contributed by atoms with van der Waals surface area (Å²) in [4.78, 5) is 12.1. The van der Waals surface area contributed by atoms with Gasteiger partial charge in [-0.1, -0.05) is 15.9 Å². The highest BCUT2D eigenvalue weighted by Crippen LogP contribution is 2.30. The molecule has 0 spiro atoms. The lowest BCUT2D eigenvalue weighted by molar-refractivity contribution is -0.0300. The summed E-state index contributed by atoms with van der Waals surface area (Å²) in [6.07, 6.45) is 2.54. The molecule has 0 saturated heterocycles. The van der Waals surface area contributed by atoms with E-state index in [9.17, 15) is 9.90 Å². The van der Waals surface area contributed by atoms with Crippen LogP contribution in [0.1, 0.15) is 35.2 Å². The van der Waals surface area contributed by atoms with Crippen LogP contribution in [0.2, 0.25) is 0 Å². The molecule has 0 aromatic heterocycles. The molecule has 0 atom stereocenters. The molecular formula is C13H17BrN2O2. The Morgan fingerprint density at radius 1 is 1.56 bits per heavy atom. The molecule has 98 valence electrons. The van der Waals surface area contributed by atoms with Gasteiger partial charge in [-0.05, 0) is 43.9 Å². The molecule has 1 aliphatic rings. The van der Waals surface area contributed by atoms with Crippen molar-refractivity contribution in [3.05, 3.63) is 27.7 Å². The van der Waals surface area contributed by atoms with Crippen LogP contribution in [0.4, 0.5) is 5.69 Å². The van der Waals surface area contributed by atoms with Crippen molar-refractivity contribution >= 4 is 27.5 Å². The first-order chi connectivity index (χ1) is 8.41. The lowest BCUT2D eigenvalue weighted by Crippen LogP contribution is -2.47. The quantitative estimate of drug-likeness (QED) is 0.747. The van der Waals surface area contributed by atoms with Crippen molar-refractivity contribution in [2.24, 2.45) is 0 Å². The number of hydrogen-bond acceptors (Lipinski definition) is 3. The number of nitrogens with one attached hydrogen (secondary N) is 1. The van der Waals surface area contributed by atoms with Crippen molar-refractivity contribution in [3.63, 3.8) is 0 Å². The predicted octanol–water partition coefficient (Wildman–Crippen LogP) is 1.98. The molecule has 18 heavy (non-hydrogen) atoms. The number of benzene rings is 1. The number of aliphatic hydroxyl groups is 1. The molecule has 4 N–H and O–H groups in total. The predicted molar refractivity (Wildman–Crippen MR) is 74.4 cm³/mol. The fourth-order valence-corrected chi connectivity index (χ4v) is 2.51. The van der Waals surface area contributed by atoms with E-state index >= 15 is 0 Å². The van der Waals surface area contributed by atoms with Crippen molar-refractivity contribution in [1.82, 2.24) is 5.32 Å².